The van der Waals surface area contributed by atoms with Crippen LogP contribution < -0.4 is 4.74 Å². The summed E-state index contributed by atoms with van der Waals surface area (Å²) in [5.74, 6) is -0.656. The number of Topliss-reactive ketones (excluding diaryl/α,β-unsaturated/α-hetero) is 1. The van der Waals surface area contributed by atoms with Crippen LogP contribution in [0.25, 0.3) is 21.6 Å². The summed E-state index contributed by atoms with van der Waals surface area (Å²) >= 11 is 0. The highest BCUT2D eigenvalue weighted by atomic mass is 16.5. The number of piperidine rings is 1. The number of fused-ring (bicyclic) bond motifs is 1. The number of aromatic amines is 1. The van der Waals surface area contributed by atoms with Crippen LogP contribution in [0.15, 0.2) is 54.4 Å². The summed E-state index contributed by atoms with van der Waals surface area (Å²) in [5.41, 5.74) is 3.29. The molecule has 2 aromatic heterocycles. The van der Waals surface area contributed by atoms with E-state index >= 15 is 0 Å². The Labute approximate surface area is 180 Å². The normalized spacial score (nSPS) is 17.8. The van der Waals surface area contributed by atoms with E-state index in [1.807, 2.05) is 37.3 Å². The second-order valence-electron chi connectivity index (χ2n) is 7.50. The lowest BCUT2D eigenvalue weighted by Gasteiger charge is -2.35. The van der Waals surface area contributed by atoms with Gasteiger partial charge in [0.05, 0.1) is 24.6 Å². The number of nitrogens with one attached hydrogen (secondary N) is 1. The van der Waals surface area contributed by atoms with Crippen molar-refractivity contribution in [3.63, 3.8) is 0 Å². The quantitative estimate of drug-likeness (QED) is 0.396. The van der Waals surface area contributed by atoms with E-state index in [2.05, 4.69) is 14.8 Å². The Morgan fingerprint density at radius 1 is 1.26 bits per heavy atom. The smallest absolute Gasteiger partial charge is 0.295 e. The molecular weight excluding hydrogens is 392 g/mol. The van der Waals surface area contributed by atoms with E-state index in [0.29, 0.717) is 41.9 Å². The van der Waals surface area contributed by atoms with E-state index in [4.69, 9.17) is 11.3 Å². The summed E-state index contributed by atoms with van der Waals surface area (Å²) in [5, 5.41) is 0.507. The molecule has 1 N–H and O–H groups in total. The van der Waals surface area contributed by atoms with Crippen molar-refractivity contribution in [1.29, 1.82) is 0 Å². The van der Waals surface area contributed by atoms with Crippen molar-refractivity contribution in [2.24, 2.45) is 0 Å². The van der Waals surface area contributed by atoms with Crippen LogP contribution in [-0.4, -0.2) is 46.3 Å². The number of amides is 1. The number of methoxy groups -OCH3 is 1. The SMILES string of the molecule is [C-]#[N+]/C(=C1/CCN(C(=O)C(=O)c2c[nH]c3nccc(OC)c23)C(C)C1)c1ccccc1. The lowest BCUT2D eigenvalue weighted by molar-refractivity contribution is -0.128. The zero-order chi connectivity index (χ0) is 22.0. The first-order chi connectivity index (χ1) is 15.0. The second-order valence-corrected chi connectivity index (χ2v) is 7.50. The van der Waals surface area contributed by atoms with Crippen LogP contribution in [0.5, 0.6) is 5.75 Å². The van der Waals surface area contributed by atoms with E-state index in [1.54, 1.807) is 17.2 Å². The van der Waals surface area contributed by atoms with Crippen molar-refractivity contribution in [3.8, 4) is 5.75 Å². The largest absolute Gasteiger partial charge is 0.496 e. The molecule has 1 unspecified atom stereocenters. The molecular formula is C24H22N4O3. The molecule has 156 valence electrons. The maximum absolute atomic E-state index is 13.1. The van der Waals surface area contributed by atoms with Gasteiger partial charge >= 0.3 is 0 Å². The molecule has 4 rings (SSSR count). The fraction of sp³-hybridized carbons (Fsp3) is 0.250. The number of hydrogen-bond acceptors (Lipinski definition) is 4. The van der Waals surface area contributed by atoms with Crippen molar-refractivity contribution in [2.45, 2.75) is 25.8 Å². The highest BCUT2D eigenvalue weighted by Crippen LogP contribution is 2.32. The third-order valence-electron chi connectivity index (χ3n) is 5.68. The molecule has 7 heteroatoms. The number of benzene rings is 1. The number of nitrogens with zero attached hydrogens (tertiary/aromatic N) is 3. The first-order valence-corrected chi connectivity index (χ1v) is 10.1. The predicted molar refractivity (Wildman–Crippen MR) is 117 cm³/mol. The van der Waals surface area contributed by atoms with Gasteiger partial charge < -0.3 is 14.6 Å². The van der Waals surface area contributed by atoms with Gasteiger partial charge in [0.2, 0.25) is 0 Å². The minimum atomic E-state index is -0.592. The van der Waals surface area contributed by atoms with Gasteiger partial charge in [0.25, 0.3) is 11.7 Å². The number of carbonyl (C=O) groups excluding carboxylic acids is 2. The van der Waals surface area contributed by atoms with Crippen LogP contribution in [0.1, 0.15) is 35.7 Å². The first-order valence-electron chi connectivity index (χ1n) is 10.1. The Morgan fingerprint density at radius 3 is 2.71 bits per heavy atom. The molecule has 0 saturated carbocycles. The molecule has 1 amide bonds. The van der Waals surface area contributed by atoms with Crippen molar-refractivity contribution in [2.75, 3.05) is 13.7 Å². The molecule has 3 aromatic rings. The molecule has 1 atom stereocenters. The monoisotopic (exact) mass is 414 g/mol. The van der Waals surface area contributed by atoms with Crippen molar-refractivity contribution < 1.29 is 14.3 Å². The number of carbonyl (C=O) groups is 2. The molecule has 1 saturated heterocycles. The van der Waals surface area contributed by atoms with Crippen molar-refractivity contribution in [1.82, 2.24) is 14.9 Å². The van der Waals surface area contributed by atoms with Gasteiger partial charge in [0.15, 0.2) is 5.70 Å². The Kier molecular flexibility index (Phi) is 5.54. The summed E-state index contributed by atoms with van der Waals surface area (Å²) in [6.45, 7) is 9.93. The molecule has 1 aliphatic heterocycles. The van der Waals surface area contributed by atoms with Gasteiger partial charge in [-0.15, -0.1) is 0 Å². The number of rotatable bonds is 4. The van der Waals surface area contributed by atoms with Gasteiger partial charge in [-0.3, -0.25) is 9.59 Å². The zero-order valence-electron chi connectivity index (χ0n) is 17.4. The van der Waals surface area contributed by atoms with Gasteiger partial charge in [-0.1, -0.05) is 35.9 Å². The second kappa shape index (κ2) is 8.44. The topological polar surface area (TPSA) is 79.7 Å². The number of H-pyrrole nitrogens is 1. The first kappa shape index (κ1) is 20.4. The standard InChI is InChI=1S/C24H22N4O3/c1-15-13-17(21(25-2)16-7-5-4-6-8-16)10-12-28(15)24(30)22(29)18-14-27-23-20(18)19(31-3)9-11-26-23/h4-9,11,14-15H,10,12-13H2,1,3H3,(H,26,27)/b21-17-. The van der Waals surface area contributed by atoms with E-state index in [0.717, 1.165) is 11.1 Å². The molecule has 0 aliphatic carbocycles. The van der Waals surface area contributed by atoms with Crippen LogP contribution in [0.4, 0.5) is 0 Å². The van der Waals surface area contributed by atoms with Gasteiger partial charge in [0, 0.05) is 25.0 Å². The summed E-state index contributed by atoms with van der Waals surface area (Å²) < 4.78 is 5.35. The highest BCUT2D eigenvalue weighted by Gasteiger charge is 2.33. The molecule has 3 heterocycles. The van der Waals surface area contributed by atoms with Gasteiger partial charge in [-0.25, -0.2) is 9.83 Å². The zero-order valence-corrected chi connectivity index (χ0v) is 17.4. The number of ether oxygens (including phenoxy) is 1. The maximum Gasteiger partial charge on any atom is 0.295 e. The van der Waals surface area contributed by atoms with Crippen LogP contribution in [-0.2, 0) is 4.79 Å². The number of pyridine rings is 1. The molecule has 0 bridgehead atoms. The Balaban J connectivity index is 1.58. The van der Waals surface area contributed by atoms with Gasteiger partial charge in [0.1, 0.15) is 11.4 Å². The summed E-state index contributed by atoms with van der Waals surface area (Å²) in [4.78, 5) is 38.6. The summed E-state index contributed by atoms with van der Waals surface area (Å²) in [7, 11) is 1.51. The van der Waals surface area contributed by atoms with E-state index < -0.39 is 11.7 Å². The minimum absolute atomic E-state index is 0.189. The Morgan fingerprint density at radius 2 is 2.03 bits per heavy atom. The lowest BCUT2D eigenvalue weighted by atomic mass is 9.93. The number of aromatic nitrogens is 2. The molecule has 1 aliphatic rings. The van der Waals surface area contributed by atoms with Crippen LogP contribution >= 0.6 is 0 Å². The molecule has 7 nitrogen and oxygen atoms in total. The summed E-state index contributed by atoms with van der Waals surface area (Å²) in [6.07, 6.45) is 4.21. The summed E-state index contributed by atoms with van der Waals surface area (Å²) in [6, 6.07) is 11.0. The third kappa shape index (κ3) is 3.68. The number of likely N-dealkylation sites (tertiary alicyclic amines) is 1. The van der Waals surface area contributed by atoms with Gasteiger partial charge in [-0.2, -0.15) is 0 Å². The predicted octanol–water partition coefficient (Wildman–Crippen LogP) is 4.10. The minimum Gasteiger partial charge on any atom is -0.496 e. The number of ketones is 1. The third-order valence-corrected chi connectivity index (χ3v) is 5.68. The Bertz CT molecular complexity index is 1220. The number of hydrogen-bond donors (Lipinski definition) is 1. The molecule has 0 spiro atoms. The highest BCUT2D eigenvalue weighted by molar-refractivity contribution is 6.45. The van der Waals surface area contributed by atoms with Crippen LogP contribution in [0.3, 0.4) is 0 Å². The van der Waals surface area contributed by atoms with Crippen molar-refractivity contribution >= 4 is 28.4 Å². The lowest BCUT2D eigenvalue weighted by Crippen LogP contribution is -2.46. The van der Waals surface area contributed by atoms with E-state index in [1.165, 1.54) is 13.3 Å². The van der Waals surface area contributed by atoms with Gasteiger partial charge in [-0.05, 0) is 31.4 Å². The van der Waals surface area contributed by atoms with Crippen molar-refractivity contribution in [3.05, 3.63) is 76.9 Å². The fourth-order valence-electron chi connectivity index (χ4n) is 4.13. The van der Waals surface area contributed by atoms with Crippen LogP contribution in [0, 0.1) is 6.57 Å². The average molecular weight is 414 g/mol. The fourth-order valence-corrected chi connectivity index (χ4v) is 4.13. The van der Waals surface area contributed by atoms with Crippen LogP contribution in [0.2, 0.25) is 0 Å². The molecule has 31 heavy (non-hydrogen) atoms. The average Bonchev–Trinajstić information content (AvgIpc) is 3.24. The maximum atomic E-state index is 13.1. The molecule has 1 aromatic carbocycles. The van der Waals surface area contributed by atoms with E-state index in [-0.39, 0.29) is 11.6 Å². The van der Waals surface area contributed by atoms with E-state index in [9.17, 15) is 9.59 Å². The molecule has 0 radical (unpaired) electrons. The Hall–Kier alpha value is -3.92. The molecule has 1 fully saturated rings.